The van der Waals surface area contributed by atoms with Gasteiger partial charge in [-0.15, -0.1) is 0 Å². The van der Waals surface area contributed by atoms with E-state index in [0.717, 1.165) is 22.6 Å². The fraction of sp³-hybridized carbons (Fsp3) is 0.158. The molecule has 1 fully saturated rings. The van der Waals surface area contributed by atoms with Crippen molar-refractivity contribution >= 4 is 29.9 Å². The first-order valence-electron chi connectivity index (χ1n) is 8.08. The van der Waals surface area contributed by atoms with Crippen LogP contribution in [0, 0.1) is 20.8 Å². The van der Waals surface area contributed by atoms with E-state index in [-0.39, 0.29) is 11.1 Å². The molecule has 0 radical (unpaired) electrons. The van der Waals surface area contributed by atoms with Gasteiger partial charge in [0.25, 0.3) is 11.8 Å². The van der Waals surface area contributed by atoms with Gasteiger partial charge in [-0.3, -0.25) is 20.2 Å². The molecule has 0 bridgehead atoms. The molecule has 1 aromatic carbocycles. The van der Waals surface area contributed by atoms with Crippen LogP contribution in [0.15, 0.2) is 29.8 Å². The molecule has 1 aromatic heterocycles. The van der Waals surface area contributed by atoms with E-state index in [1.807, 2.05) is 29.0 Å². The van der Waals surface area contributed by atoms with E-state index in [9.17, 15) is 24.3 Å². The maximum Gasteiger partial charge on any atom is 0.328 e. The van der Waals surface area contributed by atoms with Gasteiger partial charge in [0.05, 0.1) is 5.97 Å². The smallest absolute Gasteiger partial charge is 0.328 e. The highest BCUT2D eigenvalue weighted by molar-refractivity contribution is 6.31. The molecule has 4 amide bonds. The first kappa shape index (κ1) is 18.1. The van der Waals surface area contributed by atoms with Crippen molar-refractivity contribution in [1.29, 1.82) is 0 Å². The lowest BCUT2D eigenvalue weighted by Crippen LogP contribution is -2.51. The van der Waals surface area contributed by atoms with Crippen LogP contribution in [0.2, 0.25) is 0 Å². The van der Waals surface area contributed by atoms with E-state index in [1.165, 1.54) is 18.2 Å². The van der Waals surface area contributed by atoms with E-state index in [1.54, 1.807) is 19.1 Å². The molecule has 0 atom stereocenters. The molecule has 1 aliphatic rings. The molecule has 0 aliphatic carbocycles. The number of aromatic nitrogens is 1. The predicted octanol–water partition coefficient (Wildman–Crippen LogP) is 0.515. The number of aryl methyl sites for hydroxylation is 2. The summed E-state index contributed by atoms with van der Waals surface area (Å²) in [5, 5.41) is 15.1. The zero-order valence-corrected chi connectivity index (χ0v) is 14.9. The topological polar surface area (TPSA) is 120 Å². The van der Waals surface area contributed by atoms with Crippen molar-refractivity contribution in [3.63, 3.8) is 0 Å². The fourth-order valence-corrected chi connectivity index (χ4v) is 3.10. The lowest BCUT2D eigenvalue weighted by Gasteiger charge is -2.15. The molecule has 2 N–H and O–H groups in total. The zero-order valence-electron chi connectivity index (χ0n) is 14.9. The normalized spacial score (nSPS) is 14.0. The molecular weight excluding hydrogens is 350 g/mol. The minimum absolute atomic E-state index is 0.0845. The van der Waals surface area contributed by atoms with Gasteiger partial charge < -0.3 is 14.5 Å². The summed E-state index contributed by atoms with van der Waals surface area (Å²) in [4.78, 5) is 46.0. The quantitative estimate of drug-likeness (QED) is 0.606. The highest BCUT2D eigenvalue weighted by atomic mass is 16.4. The van der Waals surface area contributed by atoms with Gasteiger partial charge in [-0.05, 0) is 61.7 Å². The van der Waals surface area contributed by atoms with Crippen molar-refractivity contribution in [2.45, 2.75) is 20.8 Å². The Balaban J connectivity index is 2.07. The van der Waals surface area contributed by atoms with E-state index in [4.69, 9.17) is 0 Å². The van der Waals surface area contributed by atoms with Crippen molar-refractivity contribution in [3.8, 4) is 5.69 Å². The number of imide groups is 2. The van der Waals surface area contributed by atoms with Crippen LogP contribution >= 0.6 is 0 Å². The van der Waals surface area contributed by atoms with Gasteiger partial charge in [-0.1, -0.05) is 6.07 Å². The van der Waals surface area contributed by atoms with E-state index in [2.05, 4.69) is 0 Å². The number of nitrogens with one attached hydrogen (secondary N) is 2. The highest BCUT2D eigenvalue weighted by Gasteiger charge is 2.28. The van der Waals surface area contributed by atoms with Crippen LogP contribution in [-0.4, -0.2) is 28.4 Å². The molecule has 8 nitrogen and oxygen atoms in total. The van der Waals surface area contributed by atoms with E-state index >= 15 is 0 Å². The average Bonchev–Trinajstić information content (AvgIpc) is 2.85. The maximum atomic E-state index is 11.9. The molecule has 2 aromatic rings. The molecule has 0 spiro atoms. The number of aromatic carboxylic acids is 1. The Labute approximate surface area is 154 Å². The predicted molar refractivity (Wildman–Crippen MR) is 94.0 cm³/mol. The number of nitrogens with zero attached hydrogens (tertiary/aromatic N) is 1. The number of amides is 4. The molecule has 1 aliphatic heterocycles. The van der Waals surface area contributed by atoms with Gasteiger partial charge in [0, 0.05) is 17.1 Å². The summed E-state index contributed by atoms with van der Waals surface area (Å²) in [6.45, 7) is 5.45. The van der Waals surface area contributed by atoms with Gasteiger partial charge in [-0.2, -0.15) is 0 Å². The fourth-order valence-electron chi connectivity index (χ4n) is 3.10. The van der Waals surface area contributed by atoms with E-state index < -0.39 is 23.8 Å². The van der Waals surface area contributed by atoms with Crippen LogP contribution in [0.5, 0.6) is 0 Å². The van der Waals surface area contributed by atoms with Crippen molar-refractivity contribution in [2.24, 2.45) is 0 Å². The van der Waals surface area contributed by atoms with Gasteiger partial charge in [0.2, 0.25) is 0 Å². The Bertz CT molecular complexity index is 1020. The summed E-state index contributed by atoms with van der Waals surface area (Å²) in [5.41, 5.74) is 3.63. The SMILES string of the molecule is Cc1cc(C(=O)[O-])ccc1-n1c(C)cc(C=C2C(=O)NC(=O)NC2=O)c1C. The number of hydrogen-bond acceptors (Lipinski definition) is 5. The number of rotatable bonds is 3. The monoisotopic (exact) mass is 366 g/mol. The minimum atomic E-state index is -1.25. The third-order valence-corrected chi connectivity index (χ3v) is 4.39. The van der Waals surface area contributed by atoms with Gasteiger partial charge >= 0.3 is 6.03 Å². The molecule has 138 valence electrons. The van der Waals surface area contributed by atoms with Crippen LogP contribution < -0.4 is 15.7 Å². The maximum absolute atomic E-state index is 11.9. The molecule has 3 rings (SSSR count). The lowest BCUT2D eigenvalue weighted by molar-refractivity contribution is -0.255. The molecule has 1 saturated heterocycles. The average molecular weight is 366 g/mol. The Morgan fingerprint density at radius 2 is 1.67 bits per heavy atom. The van der Waals surface area contributed by atoms with Crippen LogP contribution in [-0.2, 0) is 9.59 Å². The number of hydrogen-bond donors (Lipinski definition) is 2. The number of benzene rings is 1. The zero-order chi connectivity index (χ0) is 19.9. The molecule has 27 heavy (non-hydrogen) atoms. The summed E-state index contributed by atoms with van der Waals surface area (Å²) in [6, 6.07) is 5.61. The van der Waals surface area contributed by atoms with Gasteiger partial charge in [-0.25, -0.2) is 4.79 Å². The number of urea groups is 1. The number of carbonyl (C=O) groups is 4. The second kappa shape index (κ2) is 6.56. The van der Waals surface area contributed by atoms with Crippen LogP contribution in [0.1, 0.15) is 32.9 Å². The number of carboxylic acids is 1. The second-order valence-electron chi connectivity index (χ2n) is 6.25. The van der Waals surface area contributed by atoms with Gasteiger partial charge in [0.1, 0.15) is 5.57 Å². The molecule has 8 heteroatoms. The first-order chi connectivity index (χ1) is 12.7. The van der Waals surface area contributed by atoms with Crippen LogP contribution in [0.3, 0.4) is 0 Å². The van der Waals surface area contributed by atoms with Crippen molar-refractivity contribution in [1.82, 2.24) is 15.2 Å². The van der Waals surface area contributed by atoms with Crippen molar-refractivity contribution < 1.29 is 24.3 Å². The van der Waals surface area contributed by atoms with Gasteiger partial charge in [0.15, 0.2) is 0 Å². The Kier molecular flexibility index (Phi) is 4.40. The summed E-state index contributed by atoms with van der Waals surface area (Å²) < 4.78 is 1.89. The summed E-state index contributed by atoms with van der Waals surface area (Å²) >= 11 is 0. The number of barbiturate groups is 1. The molecule has 2 heterocycles. The molecule has 0 saturated carbocycles. The third-order valence-electron chi connectivity index (χ3n) is 4.39. The molecule has 0 unspecified atom stereocenters. The van der Waals surface area contributed by atoms with Crippen LogP contribution in [0.25, 0.3) is 11.8 Å². The number of carbonyl (C=O) groups excluding carboxylic acids is 4. The van der Waals surface area contributed by atoms with E-state index in [0.29, 0.717) is 5.56 Å². The minimum Gasteiger partial charge on any atom is -0.545 e. The first-order valence-corrected chi connectivity index (χ1v) is 8.08. The lowest BCUT2D eigenvalue weighted by atomic mass is 10.1. The van der Waals surface area contributed by atoms with Crippen molar-refractivity contribution in [2.75, 3.05) is 0 Å². The standard InChI is InChI=1S/C19H17N3O5/c1-9-6-12(18(25)26)4-5-15(9)22-10(2)7-13(11(22)3)8-14-16(23)20-19(27)21-17(14)24/h4-8H,1-3H3,(H,25,26)(H2,20,21,23,24,27)/p-1. The molecular formula is C19H16N3O5-. The van der Waals surface area contributed by atoms with Crippen LogP contribution in [0.4, 0.5) is 4.79 Å². The summed E-state index contributed by atoms with van der Waals surface area (Å²) in [5.74, 6) is -2.77. The number of carboxylic acid groups (broad SMARTS) is 1. The van der Waals surface area contributed by atoms with Crippen molar-refractivity contribution in [3.05, 3.63) is 57.9 Å². The highest BCUT2D eigenvalue weighted by Crippen LogP contribution is 2.25. The third kappa shape index (κ3) is 3.24. The Morgan fingerprint density at radius 1 is 1.04 bits per heavy atom. The summed E-state index contributed by atoms with van der Waals surface area (Å²) in [6.07, 6.45) is 1.42. The second-order valence-corrected chi connectivity index (χ2v) is 6.25. The largest absolute Gasteiger partial charge is 0.545 e. The Hall–Kier alpha value is -3.68. The summed E-state index contributed by atoms with van der Waals surface area (Å²) in [7, 11) is 0. The Morgan fingerprint density at radius 3 is 2.22 bits per heavy atom.